The number of hydrogen-bond acceptors (Lipinski definition) is 6. The number of hydrogen-bond donors (Lipinski definition) is 0. The minimum absolute atomic E-state index is 0.0833. The first kappa shape index (κ1) is 21.0. The van der Waals surface area contributed by atoms with Gasteiger partial charge in [-0.3, -0.25) is 0 Å². The fraction of sp³-hybridized carbons (Fsp3) is 0.545. The zero-order valence-electron chi connectivity index (χ0n) is 17.8. The monoisotopic (exact) mass is 446 g/mol. The molecule has 1 atom stereocenters. The number of anilines is 1. The normalized spacial score (nSPS) is 23.9. The van der Waals surface area contributed by atoms with E-state index in [-0.39, 0.29) is 18.3 Å². The van der Waals surface area contributed by atoms with Crippen molar-refractivity contribution in [3.63, 3.8) is 0 Å². The van der Waals surface area contributed by atoms with Crippen LogP contribution in [0.2, 0.25) is 0 Å². The van der Waals surface area contributed by atoms with Gasteiger partial charge in [-0.2, -0.15) is 18.3 Å². The van der Waals surface area contributed by atoms with Crippen LogP contribution < -0.4 is 9.64 Å². The predicted molar refractivity (Wildman–Crippen MR) is 112 cm³/mol. The van der Waals surface area contributed by atoms with Crippen LogP contribution in [0.3, 0.4) is 0 Å². The summed E-state index contributed by atoms with van der Waals surface area (Å²) in [7, 11) is 0. The Morgan fingerprint density at radius 1 is 1.19 bits per heavy atom. The molecule has 3 aromatic rings. The zero-order chi connectivity index (χ0) is 22.3. The SMILES string of the molecule is CC1CC(n2ncc3ncc(N4CCCC(COc5cccnc5C(F)(F)F)C4)nc32)C1. The molecule has 0 amide bonds. The third-order valence-corrected chi connectivity index (χ3v) is 6.34. The fourth-order valence-corrected chi connectivity index (χ4v) is 4.63. The van der Waals surface area contributed by atoms with Crippen LogP contribution >= 0.6 is 0 Å². The van der Waals surface area contributed by atoms with Crippen molar-refractivity contribution in [3.05, 3.63) is 36.4 Å². The van der Waals surface area contributed by atoms with Crippen molar-refractivity contribution in [1.82, 2.24) is 24.7 Å². The molecule has 1 aliphatic heterocycles. The molecule has 1 aliphatic carbocycles. The number of alkyl halides is 3. The summed E-state index contributed by atoms with van der Waals surface area (Å²) in [6, 6.07) is 3.14. The van der Waals surface area contributed by atoms with E-state index in [2.05, 4.69) is 26.9 Å². The number of nitrogens with zero attached hydrogens (tertiary/aromatic N) is 6. The summed E-state index contributed by atoms with van der Waals surface area (Å²) in [5.41, 5.74) is 0.590. The predicted octanol–water partition coefficient (Wildman–Crippen LogP) is 4.51. The van der Waals surface area contributed by atoms with Crippen molar-refractivity contribution in [3.8, 4) is 5.75 Å². The number of fused-ring (bicyclic) bond motifs is 1. The molecule has 7 nitrogen and oxygen atoms in total. The Bertz CT molecular complexity index is 1090. The summed E-state index contributed by atoms with van der Waals surface area (Å²) in [6.45, 7) is 3.90. The topological polar surface area (TPSA) is 69.0 Å². The highest BCUT2D eigenvalue weighted by Crippen LogP contribution is 2.38. The molecule has 0 bridgehead atoms. The minimum Gasteiger partial charge on any atom is -0.491 e. The molecule has 5 rings (SSSR count). The standard InChI is InChI=1S/C22H25F3N6O/c1-14-8-16(9-14)31-21-17(10-28-31)27-11-19(29-21)30-7-3-4-15(12-30)13-32-18-5-2-6-26-20(18)22(23,24)25/h2,5-6,10-11,14-16H,3-4,7-9,12-13H2,1H3. The maximum absolute atomic E-state index is 13.2. The van der Waals surface area contributed by atoms with E-state index in [1.807, 2.05) is 4.68 Å². The molecule has 1 saturated carbocycles. The molecule has 1 saturated heterocycles. The quantitative estimate of drug-likeness (QED) is 0.575. The van der Waals surface area contributed by atoms with E-state index in [1.54, 1.807) is 12.4 Å². The summed E-state index contributed by atoms with van der Waals surface area (Å²) in [4.78, 5) is 15.0. The maximum Gasteiger partial charge on any atom is 0.437 e. The molecule has 0 N–H and O–H groups in total. The Balaban J connectivity index is 1.28. The molecule has 0 radical (unpaired) electrons. The van der Waals surface area contributed by atoms with E-state index in [0.29, 0.717) is 18.5 Å². The van der Waals surface area contributed by atoms with Gasteiger partial charge in [0.15, 0.2) is 11.3 Å². The summed E-state index contributed by atoms with van der Waals surface area (Å²) in [5, 5.41) is 4.50. The smallest absolute Gasteiger partial charge is 0.437 e. The second kappa shape index (κ2) is 8.22. The zero-order valence-corrected chi connectivity index (χ0v) is 17.8. The summed E-state index contributed by atoms with van der Waals surface area (Å²) >= 11 is 0. The van der Waals surface area contributed by atoms with Gasteiger partial charge in [0.1, 0.15) is 17.1 Å². The second-order valence-electron chi connectivity index (χ2n) is 8.87. The van der Waals surface area contributed by atoms with Crippen LogP contribution in [0.5, 0.6) is 5.75 Å². The molecular formula is C22H25F3N6O. The first-order chi connectivity index (χ1) is 15.4. The summed E-state index contributed by atoms with van der Waals surface area (Å²) in [5.74, 6) is 1.33. The van der Waals surface area contributed by atoms with E-state index < -0.39 is 11.9 Å². The number of piperidine rings is 1. The van der Waals surface area contributed by atoms with Gasteiger partial charge < -0.3 is 9.64 Å². The largest absolute Gasteiger partial charge is 0.491 e. The number of halogens is 3. The minimum atomic E-state index is -4.54. The van der Waals surface area contributed by atoms with Crippen LogP contribution in [0, 0.1) is 11.8 Å². The number of rotatable bonds is 5. The van der Waals surface area contributed by atoms with Crippen molar-refractivity contribution < 1.29 is 17.9 Å². The van der Waals surface area contributed by atoms with Crippen LogP contribution in [0.4, 0.5) is 19.0 Å². The second-order valence-corrected chi connectivity index (χ2v) is 8.87. The fourth-order valence-electron chi connectivity index (χ4n) is 4.63. The third-order valence-electron chi connectivity index (χ3n) is 6.34. The molecule has 2 fully saturated rings. The molecule has 4 heterocycles. The van der Waals surface area contributed by atoms with Gasteiger partial charge in [0.05, 0.1) is 25.0 Å². The van der Waals surface area contributed by atoms with Gasteiger partial charge in [0, 0.05) is 25.2 Å². The molecule has 0 spiro atoms. The first-order valence-electron chi connectivity index (χ1n) is 11.0. The van der Waals surface area contributed by atoms with Crippen molar-refractivity contribution >= 4 is 17.0 Å². The molecule has 10 heteroatoms. The average Bonchev–Trinajstić information content (AvgIpc) is 3.18. The van der Waals surface area contributed by atoms with Gasteiger partial charge in [0.25, 0.3) is 0 Å². The Kier molecular flexibility index (Phi) is 5.38. The lowest BCUT2D eigenvalue weighted by atomic mass is 9.82. The highest BCUT2D eigenvalue weighted by atomic mass is 19.4. The van der Waals surface area contributed by atoms with Crippen molar-refractivity contribution in [2.45, 2.75) is 44.8 Å². The van der Waals surface area contributed by atoms with E-state index in [0.717, 1.165) is 55.4 Å². The van der Waals surface area contributed by atoms with Crippen LogP contribution in [0.1, 0.15) is 44.3 Å². The molecule has 170 valence electrons. The third kappa shape index (κ3) is 4.10. The van der Waals surface area contributed by atoms with Crippen LogP contribution in [-0.2, 0) is 6.18 Å². The number of pyridine rings is 1. The van der Waals surface area contributed by atoms with Crippen LogP contribution in [0.25, 0.3) is 11.2 Å². The molecular weight excluding hydrogens is 421 g/mol. The summed E-state index contributed by atoms with van der Waals surface area (Å²) < 4.78 is 47.0. The average molecular weight is 446 g/mol. The van der Waals surface area contributed by atoms with E-state index >= 15 is 0 Å². The van der Waals surface area contributed by atoms with Gasteiger partial charge in [0.2, 0.25) is 0 Å². The molecule has 0 aromatic carbocycles. The molecule has 3 aromatic heterocycles. The molecule has 1 unspecified atom stereocenters. The van der Waals surface area contributed by atoms with Crippen LogP contribution in [-0.4, -0.2) is 44.4 Å². The van der Waals surface area contributed by atoms with Gasteiger partial charge in [-0.25, -0.2) is 19.6 Å². The lowest BCUT2D eigenvalue weighted by Gasteiger charge is -2.34. The Hall–Kier alpha value is -2.91. The summed E-state index contributed by atoms with van der Waals surface area (Å²) in [6.07, 6.45) is 4.08. The number of ether oxygens (including phenoxy) is 1. The first-order valence-corrected chi connectivity index (χ1v) is 11.0. The molecule has 32 heavy (non-hydrogen) atoms. The van der Waals surface area contributed by atoms with Crippen molar-refractivity contribution in [2.75, 3.05) is 24.6 Å². The Morgan fingerprint density at radius 3 is 2.81 bits per heavy atom. The van der Waals surface area contributed by atoms with E-state index in [1.165, 1.54) is 12.1 Å². The van der Waals surface area contributed by atoms with Crippen molar-refractivity contribution in [1.29, 1.82) is 0 Å². The van der Waals surface area contributed by atoms with Gasteiger partial charge in [-0.05, 0) is 43.7 Å². The van der Waals surface area contributed by atoms with Gasteiger partial charge >= 0.3 is 6.18 Å². The Morgan fingerprint density at radius 2 is 2.03 bits per heavy atom. The van der Waals surface area contributed by atoms with E-state index in [4.69, 9.17) is 9.72 Å². The lowest BCUT2D eigenvalue weighted by Crippen LogP contribution is -2.38. The van der Waals surface area contributed by atoms with E-state index in [9.17, 15) is 13.2 Å². The van der Waals surface area contributed by atoms with Crippen LogP contribution in [0.15, 0.2) is 30.7 Å². The highest BCUT2D eigenvalue weighted by Gasteiger charge is 2.36. The molecule has 2 aliphatic rings. The number of aromatic nitrogens is 5. The van der Waals surface area contributed by atoms with Gasteiger partial charge in [-0.1, -0.05) is 6.92 Å². The lowest BCUT2D eigenvalue weighted by molar-refractivity contribution is -0.142. The Labute approximate surface area is 183 Å². The van der Waals surface area contributed by atoms with Crippen molar-refractivity contribution in [2.24, 2.45) is 11.8 Å². The van der Waals surface area contributed by atoms with Gasteiger partial charge in [-0.15, -0.1) is 0 Å². The highest BCUT2D eigenvalue weighted by molar-refractivity contribution is 5.71. The maximum atomic E-state index is 13.2.